The molecule has 0 unspecified atom stereocenters. The van der Waals surface area contributed by atoms with Crippen molar-refractivity contribution >= 4 is 5.91 Å². The largest absolute Gasteiger partial charge is 0.494 e. The molecule has 0 aliphatic carbocycles. The Hall–Kier alpha value is -4.13. The highest BCUT2D eigenvalue weighted by Gasteiger charge is 2.23. The number of nitrogens with zero attached hydrogens (tertiary/aromatic N) is 3. The third-order valence-corrected chi connectivity index (χ3v) is 5.97. The van der Waals surface area contributed by atoms with Gasteiger partial charge in [0.1, 0.15) is 5.75 Å². The second-order valence-corrected chi connectivity index (χ2v) is 8.36. The summed E-state index contributed by atoms with van der Waals surface area (Å²) in [6.07, 6.45) is 1.84. The number of nitriles is 2. The first-order chi connectivity index (χ1) is 16.6. The van der Waals surface area contributed by atoms with Crippen LogP contribution in [0.2, 0.25) is 0 Å². The molecular weight excluding hydrogens is 424 g/mol. The van der Waals surface area contributed by atoms with Crippen molar-refractivity contribution in [2.24, 2.45) is 0 Å². The first-order valence-electron chi connectivity index (χ1n) is 11.4. The Kier molecular flexibility index (Phi) is 7.55. The molecule has 1 fully saturated rings. The summed E-state index contributed by atoms with van der Waals surface area (Å²) in [4.78, 5) is 14.8. The molecule has 170 valence electrons. The Labute approximate surface area is 200 Å². The predicted octanol–water partition coefficient (Wildman–Crippen LogP) is 4.37. The van der Waals surface area contributed by atoms with Gasteiger partial charge in [-0.2, -0.15) is 10.5 Å². The Morgan fingerprint density at radius 1 is 0.912 bits per heavy atom. The van der Waals surface area contributed by atoms with Crippen molar-refractivity contribution < 1.29 is 9.53 Å². The van der Waals surface area contributed by atoms with Crippen molar-refractivity contribution in [1.29, 1.82) is 10.5 Å². The first kappa shape index (κ1) is 23.0. The zero-order valence-electron chi connectivity index (χ0n) is 18.9. The smallest absolute Gasteiger partial charge is 0.251 e. The molecule has 1 amide bonds. The predicted molar refractivity (Wildman–Crippen MR) is 130 cm³/mol. The van der Waals surface area contributed by atoms with E-state index in [1.54, 1.807) is 24.3 Å². The summed E-state index contributed by atoms with van der Waals surface area (Å²) in [5.41, 5.74) is 3.94. The van der Waals surface area contributed by atoms with Crippen molar-refractivity contribution in [3.63, 3.8) is 0 Å². The average molecular weight is 451 g/mol. The van der Waals surface area contributed by atoms with Gasteiger partial charge in [0.05, 0.1) is 29.9 Å². The van der Waals surface area contributed by atoms with Crippen LogP contribution in [-0.4, -0.2) is 43.1 Å². The van der Waals surface area contributed by atoms with Crippen LogP contribution in [0.1, 0.15) is 34.3 Å². The van der Waals surface area contributed by atoms with E-state index in [2.05, 4.69) is 22.4 Å². The Morgan fingerprint density at radius 3 is 2.12 bits per heavy atom. The van der Waals surface area contributed by atoms with Gasteiger partial charge in [-0.15, -0.1) is 0 Å². The zero-order valence-corrected chi connectivity index (χ0v) is 18.9. The van der Waals surface area contributed by atoms with Crippen molar-refractivity contribution in [3.8, 4) is 29.0 Å². The number of amides is 1. The van der Waals surface area contributed by atoms with Crippen molar-refractivity contribution in [2.45, 2.75) is 18.9 Å². The van der Waals surface area contributed by atoms with Gasteiger partial charge in [-0.1, -0.05) is 24.3 Å². The Morgan fingerprint density at radius 2 is 1.50 bits per heavy atom. The fraction of sp³-hybridized carbons (Fsp3) is 0.250. The summed E-state index contributed by atoms with van der Waals surface area (Å²) in [5.74, 6) is 0.746. The van der Waals surface area contributed by atoms with E-state index in [0.717, 1.165) is 49.4 Å². The third kappa shape index (κ3) is 6.01. The minimum Gasteiger partial charge on any atom is -0.494 e. The molecule has 6 nitrogen and oxygen atoms in total. The number of carbonyl (C=O) groups is 1. The van der Waals surface area contributed by atoms with Crippen LogP contribution in [0.4, 0.5) is 0 Å². The van der Waals surface area contributed by atoms with E-state index in [1.807, 2.05) is 48.5 Å². The molecule has 0 saturated carbocycles. The fourth-order valence-corrected chi connectivity index (χ4v) is 4.08. The number of rotatable bonds is 8. The van der Waals surface area contributed by atoms with Crippen LogP contribution in [0.15, 0.2) is 72.8 Å². The average Bonchev–Trinajstić information content (AvgIpc) is 3.34. The lowest BCUT2D eigenvalue weighted by molar-refractivity contribution is 0.0937. The molecule has 4 rings (SSSR count). The van der Waals surface area contributed by atoms with E-state index in [1.165, 1.54) is 0 Å². The lowest BCUT2D eigenvalue weighted by atomic mass is 10.0. The lowest BCUT2D eigenvalue weighted by Crippen LogP contribution is -2.37. The summed E-state index contributed by atoms with van der Waals surface area (Å²) >= 11 is 0. The molecule has 1 saturated heterocycles. The molecule has 3 aromatic carbocycles. The number of likely N-dealkylation sites (tertiary alicyclic amines) is 1. The molecule has 6 heteroatoms. The standard InChI is InChI=1S/C28H26N4O2/c29-18-21-2-6-23(7-3-21)24-10-12-27(13-11-24)34-17-1-15-32-16-14-26(20-32)31-28(33)25-8-4-22(19-30)5-9-25/h2-13,26H,1,14-17,20H2,(H,31,33)/t26-/m1/s1. The van der Waals surface area contributed by atoms with Crippen molar-refractivity contribution in [1.82, 2.24) is 10.2 Å². The lowest BCUT2D eigenvalue weighted by Gasteiger charge is -2.17. The molecule has 1 N–H and O–H groups in total. The zero-order chi connectivity index (χ0) is 23.8. The minimum absolute atomic E-state index is 0.0934. The molecule has 0 aromatic heterocycles. The SMILES string of the molecule is N#Cc1ccc(C(=O)N[C@@H]2CCN(CCCOc3ccc(-c4ccc(C#N)cc4)cc3)C2)cc1. The monoisotopic (exact) mass is 450 g/mol. The molecule has 1 heterocycles. The second kappa shape index (κ2) is 11.1. The van der Waals surface area contributed by atoms with E-state index in [-0.39, 0.29) is 11.9 Å². The van der Waals surface area contributed by atoms with E-state index in [4.69, 9.17) is 15.3 Å². The van der Waals surface area contributed by atoms with Crippen molar-refractivity contribution in [3.05, 3.63) is 89.5 Å². The van der Waals surface area contributed by atoms with Gasteiger partial charge in [-0.05, 0) is 72.5 Å². The van der Waals surface area contributed by atoms with Crippen LogP contribution >= 0.6 is 0 Å². The van der Waals surface area contributed by atoms with Gasteiger partial charge in [-0.3, -0.25) is 4.79 Å². The quantitative estimate of drug-likeness (QED) is 0.515. The molecule has 3 aromatic rings. The van der Waals surface area contributed by atoms with Crippen LogP contribution in [0.5, 0.6) is 5.75 Å². The van der Waals surface area contributed by atoms with Crippen LogP contribution in [0, 0.1) is 22.7 Å². The summed E-state index contributed by atoms with van der Waals surface area (Å²) in [7, 11) is 0. The van der Waals surface area contributed by atoms with Gasteiger partial charge in [0, 0.05) is 31.2 Å². The second-order valence-electron chi connectivity index (χ2n) is 8.36. The number of hydrogen-bond donors (Lipinski definition) is 1. The molecular formula is C28H26N4O2. The van der Waals surface area contributed by atoms with Gasteiger partial charge in [0.25, 0.3) is 5.91 Å². The van der Waals surface area contributed by atoms with E-state index in [9.17, 15) is 4.79 Å². The molecule has 1 atom stereocenters. The maximum absolute atomic E-state index is 12.4. The van der Waals surface area contributed by atoms with Gasteiger partial charge in [0.2, 0.25) is 0 Å². The Balaban J connectivity index is 1.16. The normalized spacial score (nSPS) is 15.3. The number of ether oxygens (including phenoxy) is 1. The molecule has 0 bridgehead atoms. The van der Waals surface area contributed by atoms with Gasteiger partial charge < -0.3 is 15.0 Å². The number of benzene rings is 3. The van der Waals surface area contributed by atoms with E-state index < -0.39 is 0 Å². The number of hydrogen-bond acceptors (Lipinski definition) is 5. The van der Waals surface area contributed by atoms with Crippen LogP contribution in [0.25, 0.3) is 11.1 Å². The van der Waals surface area contributed by atoms with Crippen LogP contribution in [0.3, 0.4) is 0 Å². The molecule has 34 heavy (non-hydrogen) atoms. The Bertz CT molecular complexity index is 1190. The minimum atomic E-state index is -0.0934. The number of carbonyl (C=O) groups excluding carboxylic acids is 1. The maximum atomic E-state index is 12.4. The van der Waals surface area contributed by atoms with Gasteiger partial charge >= 0.3 is 0 Å². The van der Waals surface area contributed by atoms with E-state index in [0.29, 0.717) is 23.3 Å². The molecule has 1 aliphatic heterocycles. The van der Waals surface area contributed by atoms with E-state index >= 15 is 0 Å². The first-order valence-corrected chi connectivity index (χ1v) is 11.4. The maximum Gasteiger partial charge on any atom is 0.251 e. The molecule has 0 radical (unpaired) electrons. The number of nitrogens with one attached hydrogen (secondary N) is 1. The summed E-state index contributed by atoms with van der Waals surface area (Å²) in [5, 5.41) is 20.9. The highest BCUT2D eigenvalue weighted by molar-refractivity contribution is 5.94. The summed E-state index contributed by atoms with van der Waals surface area (Å²) in [6, 6.07) is 26.6. The molecule has 1 aliphatic rings. The van der Waals surface area contributed by atoms with Crippen molar-refractivity contribution in [2.75, 3.05) is 26.2 Å². The third-order valence-electron chi connectivity index (χ3n) is 5.97. The summed E-state index contributed by atoms with van der Waals surface area (Å²) < 4.78 is 5.90. The topological polar surface area (TPSA) is 89.2 Å². The van der Waals surface area contributed by atoms with Gasteiger partial charge in [-0.25, -0.2) is 0 Å². The van der Waals surface area contributed by atoms with Gasteiger partial charge in [0.15, 0.2) is 0 Å². The highest BCUT2D eigenvalue weighted by atomic mass is 16.5. The van der Waals surface area contributed by atoms with Crippen LogP contribution < -0.4 is 10.1 Å². The molecule has 0 spiro atoms. The fourth-order valence-electron chi connectivity index (χ4n) is 4.08. The van der Waals surface area contributed by atoms with Crippen LogP contribution in [-0.2, 0) is 0 Å². The highest BCUT2D eigenvalue weighted by Crippen LogP contribution is 2.23. The summed E-state index contributed by atoms with van der Waals surface area (Å²) in [6.45, 7) is 3.35.